The molecule has 1 aromatic heterocycles. The topological polar surface area (TPSA) is 31.4 Å². The van der Waals surface area contributed by atoms with Crippen molar-refractivity contribution in [2.45, 2.75) is 6.29 Å². The van der Waals surface area contributed by atoms with Gasteiger partial charge < -0.3 is 9.47 Å². The summed E-state index contributed by atoms with van der Waals surface area (Å²) < 4.78 is 11.1. The van der Waals surface area contributed by atoms with Gasteiger partial charge in [0, 0.05) is 18.0 Å². The molecular weight excluding hydrogens is 238 g/mol. The Morgan fingerprint density at radius 3 is 2.63 bits per heavy atom. The van der Waals surface area contributed by atoms with Gasteiger partial charge in [0.05, 0.1) is 13.2 Å². The minimum absolute atomic E-state index is 0.241. The van der Waals surface area contributed by atoms with Crippen LogP contribution in [0, 0.1) is 0 Å². The molecule has 0 radical (unpaired) electrons. The molecule has 3 heteroatoms. The molecule has 0 bridgehead atoms. The molecule has 96 valence electrons. The van der Waals surface area contributed by atoms with Crippen molar-refractivity contribution in [1.29, 1.82) is 0 Å². The third-order valence-electron chi connectivity index (χ3n) is 3.01. The van der Waals surface area contributed by atoms with Crippen molar-refractivity contribution in [2.75, 3.05) is 13.2 Å². The van der Waals surface area contributed by atoms with Gasteiger partial charge >= 0.3 is 0 Å². The van der Waals surface area contributed by atoms with Gasteiger partial charge in [-0.05, 0) is 17.2 Å². The highest BCUT2D eigenvalue weighted by atomic mass is 16.7. The molecule has 1 aromatic carbocycles. The van der Waals surface area contributed by atoms with Crippen LogP contribution in [0.1, 0.15) is 23.0 Å². The van der Waals surface area contributed by atoms with Gasteiger partial charge in [0.1, 0.15) is 0 Å². The highest BCUT2D eigenvalue weighted by Gasteiger charge is 2.19. The second-order valence-electron chi connectivity index (χ2n) is 4.32. The summed E-state index contributed by atoms with van der Waals surface area (Å²) in [6, 6.07) is 12.1. The van der Waals surface area contributed by atoms with Crippen molar-refractivity contribution in [3.05, 3.63) is 65.5 Å². The predicted octanol–water partition coefficient (Wildman–Crippen LogP) is 3.30. The lowest BCUT2D eigenvalue weighted by atomic mass is 10.1. The largest absolute Gasteiger partial charge is 0.346 e. The fourth-order valence-electron chi connectivity index (χ4n) is 2.08. The van der Waals surface area contributed by atoms with E-state index < -0.39 is 0 Å². The van der Waals surface area contributed by atoms with E-state index in [9.17, 15) is 0 Å². The molecular formula is C16H15NO2. The number of rotatable bonds is 3. The Bertz CT molecular complexity index is 560. The van der Waals surface area contributed by atoms with Crippen LogP contribution in [0.2, 0.25) is 0 Å². The lowest BCUT2D eigenvalue weighted by Gasteiger charge is -2.12. The van der Waals surface area contributed by atoms with Crippen molar-refractivity contribution < 1.29 is 9.47 Å². The first-order valence-corrected chi connectivity index (χ1v) is 6.34. The van der Waals surface area contributed by atoms with Crippen molar-refractivity contribution >= 4 is 12.2 Å². The molecule has 0 amide bonds. The standard InChI is InChI=1S/C16H15NO2/c1-2-6-15(16-18-10-11-19-16)14(5-1)8-7-13-4-3-9-17-12-13/h1-9,12,16H,10-11H2. The molecule has 1 fully saturated rings. The summed E-state index contributed by atoms with van der Waals surface area (Å²) in [6.07, 6.45) is 7.47. The van der Waals surface area contributed by atoms with E-state index in [-0.39, 0.29) is 6.29 Å². The SMILES string of the molecule is C(=Cc1ccccc1C1OCCO1)c1cccnc1. The van der Waals surface area contributed by atoms with E-state index in [1.807, 2.05) is 42.6 Å². The van der Waals surface area contributed by atoms with Gasteiger partial charge in [-0.25, -0.2) is 0 Å². The molecule has 0 unspecified atom stereocenters. The lowest BCUT2D eigenvalue weighted by Crippen LogP contribution is -2.00. The monoisotopic (exact) mass is 253 g/mol. The molecule has 3 rings (SSSR count). The normalized spacial score (nSPS) is 16.2. The van der Waals surface area contributed by atoms with E-state index in [2.05, 4.69) is 17.1 Å². The first-order chi connectivity index (χ1) is 9.43. The number of nitrogens with zero attached hydrogens (tertiary/aromatic N) is 1. The second kappa shape index (κ2) is 5.78. The Labute approximate surface area is 112 Å². The zero-order valence-corrected chi connectivity index (χ0v) is 10.5. The van der Waals surface area contributed by atoms with Crippen molar-refractivity contribution in [3.63, 3.8) is 0 Å². The summed E-state index contributed by atoms with van der Waals surface area (Å²) >= 11 is 0. The van der Waals surface area contributed by atoms with E-state index in [4.69, 9.17) is 9.47 Å². The zero-order valence-electron chi connectivity index (χ0n) is 10.5. The summed E-state index contributed by atoms with van der Waals surface area (Å²) in [4.78, 5) is 4.10. The average Bonchev–Trinajstić information content (AvgIpc) is 3.01. The molecule has 0 atom stereocenters. The third-order valence-corrected chi connectivity index (χ3v) is 3.01. The van der Waals surface area contributed by atoms with E-state index in [1.165, 1.54) is 0 Å². The Kier molecular flexibility index (Phi) is 3.68. The maximum atomic E-state index is 5.56. The molecule has 0 saturated carbocycles. The average molecular weight is 253 g/mol. The van der Waals surface area contributed by atoms with Crippen LogP contribution in [0.4, 0.5) is 0 Å². The Morgan fingerprint density at radius 2 is 1.84 bits per heavy atom. The maximum absolute atomic E-state index is 5.56. The molecule has 0 spiro atoms. The van der Waals surface area contributed by atoms with Crippen molar-refractivity contribution in [2.24, 2.45) is 0 Å². The van der Waals surface area contributed by atoms with Gasteiger partial charge in [-0.1, -0.05) is 42.5 Å². The summed E-state index contributed by atoms with van der Waals surface area (Å²) in [5, 5.41) is 0. The number of hydrogen-bond acceptors (Lipinski definition) is 3. The van der Waals surface area contributed by atoms with Crippen LogP contribution in [0.25, 0.3) is 12.2 Å². The number of benzene rings is 1. The quantitative estimate of drug-likeness (QED) is 0.841. The van der Waals surface area contributed by atoms with Crippen LogP contribution in [0.5, 0.6) is 0 Å². The minimum atomic E-state index is -0.241. The smallest absolute Gasteiger partial charge is 0.184 e. The van der Waals surface area contributed by atoms with Gasteiger partial charge in [0.25, 0.3) is 0 Å². The number of pyridine rings is 1. The lowest BCUT2D eigenvalue weighted by molar-refractivity contribution is -0.0442. The molecule has 1 aliphatic heterocycles. The van der Waals surface area contributed by atoms with Gasteiger partial charge in [0.2, 0.25) is 0 Å². The molecule has 1 saturated heterocycles. The van der Waals surface area contributed by atoms with Gasteiger partial charge in [-0.2, -0.15) is 0 Å². The fourth-order valence-corrected chi connectivity index (χ4v) is 2.08. The number of aromatic nitrogens is 1. The van der Waals surface area contributed by atoms with E-state index in [0.717, 1.165) is 16.7 Å². The van der Waals surface area contributed by atoms with Crippen molar-refractivity contribution in [1.82, 2.24) is 4.98 Å². The van der Waals surface area contributed by atoms with Gasteiger partial charge in [-0.15, -0.1) is 0 Å². The highest BCUT2D eigenvalue weighted by molar-refractivity contribution is 5.70. The summed E-state index contributed by atoms with van der Waals surface area (Å²) in [5.74, 6) is 0. The van der Waals surface area contributed by atoms with Crippen LogP contribution in [0.3, 0.4) is 0 Å². The molecule has 2 heterocycles. The number of hydrogen-bond donors (Lipinski definition) is 0. The predicted molar refractivity (Wildman–Crippen MR) is 74.3 cm³/mol. The first kappa shape index (κ1) is 12.1. The zero-order chi connectivity index (χ0) is 12.9. The van der Waals surface area contributed by atoms with E-state index in [1.54, 1.807) is 6.20 Å². The number of ether oxygens (including phenoxy) is 2. The molecule has 2 aromatic rings. The first-order valence-electron chi connectivity index (χ1n) is 6.34. The Morgan fingerprint density at radius 1 is 1.00 bits per heavy atom. The molecule has 1 aliphatic rings. The highest BCUT2D eigenvalue weighted by Crippen LogP contribution is 2.27. The minimum Gasteiger partial charge on any atom is -0.346 e. The van der Waals surface area contributed by atoms with Crippen LogP contribution in [-0.4, -0.2) is 18.2 Å². The Hall–Kier alpha value is -1.97. The van der Waals surface area contributed by atoms with Crippen LogP contribution >= 0.6 is 0 Å². The molecule has 3 nitrogen and oxygen atoms in total. The summed E-state index contributed by atoms with van der Waals surface area (Å²) in [7, 11) is 0. The van der Waals surface area contributed by atoms with Crippen molar-refractivity contribution in [3.8, 4) is 0 Å². The third kappa shape index (κ3) is 2.89. The van der Waals surface area contributed by atoms with Crippen LogP contribution in [0.15, 0.2) is 48.8 Å². The fraction of sp³-hybridized carbons (Fsp3) is 0.188. The summed E-state index contributed by atoms with van der Waals surface area (Å²) in [6.45, 7) is 1.32. The maximum Gasteiger partial charge on any atom is 0.184 e. The Balaban J connectivity index is 1.86. The summed E-state index contributed by atoms with van der Waals surface area (Å²) in [5.41, 5.74) is 3.25. The molecule has 19 heavy (non-hydrogen) atoms. The van der Waals surface area contributed by atoms with Crippen LogP contribution < -0.4 is 0 Å². The van der Waals surface area contributed by atoms with Crippen LogP contribution in [-0.2, 0) is 9.47 Å². The van der Waals surface area contributed by atoms with Gasteiger partial charge in [0.15, 0.2) is 6.29 Å². The van der Waals surface area contributed by atoms with E-state index in [0.29, 0.717) is 13.2 Å². The van der Waals surface area contributed by atoms with Gasteiger partial charge in [-0.3, -0.25) is 4.98 Å². The van der Waals surface area contributed by atoms with E-state index >= 15 is 0 Å². The second-order valence-corrected chi connectivity index (χ2v) is 4.32. The molecule has 0 N–H and O–H groups in total. The molecule has 0 aliphatic carbocycles.